The quantitative estimate of drug-likeness (QED) is 0.557. The highest BCUT2D eigenvalue weighted by atomic mass is 19.4. The number of likely N-dealkylation sites (tertiary alicyclic amines) is 1. The van der Waals surface area contributed by atoms with Gasteiger partial charge < -0.3 is 26.6 Å². The molecule has 0 spiro atoms. The second kappa shape index (κ2) is 7.73. The molecule has 4 rings (SSSR count). The minimum absolute atomic E-state index is 0.0632. The van der Waals surface area contributed by atoms with E-state index in [9.17, 15) is 17.6 Å². The summed E-state index contributed by atoms with van der Waals surface area (Å²) in [4.78, 5) is 6.09. The topological polar surface area (TPSA) is 77.7 Å². The van der Waals surface area contributed by atoms with Crippen LogP contribution in [0.1, 0.15) is 25.7 Å². The van der Waals surface area contributed by atoms with Crippen molar-refractivity contribution in [3.05, 3.63) is 35.8 Å². The number of nitrogens with two attached hydrogens (primary N) is 1. The van der Waals surface area contributed by atoms with Gasteiger partial charge in [0.2, 0.25) is 5.96 Å². The molecule has 1 saturated heterocycles. The monoisotopic (exact) mass is 426 g/mol. The molecule has 6 nitrogen and oxygen atoms in total. The van der Waals surface area contributed by atoms with Crippen LogP contribution in [0.5, 0.6) is 0 Å². The van der Waals surface area contributed by atoms with Crippen molar-refractivity contribution >= 4 is 17.3 Å². The summed E-state index contributed by atoms with van der Waals surface area (Å²) in [6.07, 6.45) is -0.709. The Morgan fingerprint density at radius 2 is 1.80 bits per heavy atom. The highest BCUT2D eigenvalue weighted by molar-refractivity contribution is 5.96. The average Bonchev–Trinajstić information content (AvgIpc) is 3.48. The number of rotatable bonds is 4. The van der Waals surface area contributed by atoms with Crippen molar-refractivity contribution in [2.45, 2.75) is 43.6 Å². The molecular formula is C20H26F4N6. The molecule has 1 unspecified atom stereocenters. The number of nitrogens with zero attached hydrogens (tertiary/aromatic N) is 2. The third-order valence-electron chi connectivity index (χ3n) is 5.87. The molecule has 0 bridgehead atoms. The van der Waals surface area contributed by atoms with Gasteiger partial charge in [0.1, 0.15) is 11.5 Å². The fourth-order valence-electron chi connectivity index (χ4n) is 4.03. The van der Waals surface area contributed by atoms with E-state index in [2.05, 4.69) is 32.9 Å². The van der Waals surface area contributed by atoms with Gasteiger partial charge in [-0.15, -0.1) is 0 Å². The highest BCUT2D eigenvalue weighted by Gasteiger charge is 2.55. The van der Waals surface area contributed by atoms with Gasteiger partial charge in [-0.1, -0.05) is 0 Å². The fraction of sp³-hybridized carbons (Fsp3) is 0.550. The van der Waals surface area contributed by atoms with Crippen LogP contribution in [0.4, 0.5) is 28.9 Å². The fourth-order valence-corrected chi connectivity index (χ4v) is 4.03. The van der Waals surface area contributed by atoms with E-state index in [-0.39, 0.29) is 17.9 Å². The van der Waals surface area contributed by atoms with Crippen LogP contribution in [-0.2, 0) is 0 Å². The Balaban J connectivity index is 1.50. The summed E-state index contributed by atoms with van der Waals surface area (Å²) in [6.45, 7) is 1.93. The number of anilines is 2. The Hall–Kier alpha value is -2.33. The first-order valence-corrected chi connectivity index (χ1v) is 10.1. The number of hydrogen-bond acceptors (Lipinski definition) is 6. The average molecular weight is 426 g/mol. The van der Waals surface area contributed by atoms with Gasteiger partial charge in [-0.25, -0.2) is 9.38 Å². The van der Waals surface area contributed by atoms with E-state index in [0.29, 0.717) is 24.2 Å². The number of nitrogens with one attached hydrogen (secondary N) is 3. The summed E-state index contributed by atoms with van der Waals surface area (Å²) in [7, 11) is 2.07. The molecule has 2 aliphatic heterocycles. The highest BCUT2D eigenvalue weighted by Crippen LogP contribution is 2.46. The molecule has 1 aliphatic carbocycles. The van der Waals surface area contributed by atoms with Crippen molar-refractivity contribution in [3.8, 4) is 0 Å². The van der Waals surface area contributed by atoms with E-state index in [1.807, 2.05) is 0 Å². The van der Waals surface area contributed by atoms with Crippen LogP contribution in [0.2, 0.25) is 0 Å². The minimum Gasteiger partial charge on any atom is -0.382 e. The van der Waals surface area contributed by atoms with E-state index >= 15 is 0 Å². The van der Waals surface area contributed by atoms with Crippen LogP contribution in [0.25, 0.3) is 0 Å². The van der Waals surface area contributed by atoms with E-state index in [4.69, 9.17) is 5.73 Å². The third kappa shape index (κ3) is 4.54. The predicted octanol–water partition coefficient (Wildman–Crippen LogP) is 3.21. The van der Waals surface area contributed by atoms with Crippen LogP contribution in [0, 0.1) is 11.7 Å². The summed E-state index contributed by atoms with van der Waals surface area (Å²) < 4.78 is 54.4. The van der Waals surface area contributed by atoms with Crippen LogP contribution in [0.15, 0.2) is 35.0 Å². The first-order valence-electron chi connectivity index (χ1n) is 10.1. The smallest absolute Gasteiger partial charge is 0.382 e. The van der Waals surface area contributed by atoms with Crippen molar-refractivity contribution in [1.82, 2.24) is 10.2 Å². The predicted molar refractivity (Wildman–Crippen MR) is 109 cm³/mol. The molecule has 1 aromatic rings. The maximum Gasteiger partial charge on any atom is 0.417 e. The Labute approximate surface area is 172 Å². The second-order valence-electron chi connectivity index (χ2n) is 8.36. The largest absolute Gasteiger partial charge is 0.417 e. The first-order chi connectivity index (χ1) is 14.1. The first kappa shape index (κ1) is 20.9. The summed E-state index contributed by atoms with van der Waals surface area (Å²) in [5.41, 5.74) is 4.46. The van der Waals surface area contributed by atoms with Crippen LogP contribution in [-0.4, -0.2) is 48.9 Å². The van der Waals surface area contributed by atoms with Gasteiger partial charge in [0.05, 0.1) is 5.57 Å². The van der Waals surface area contributed by atoms with Crippen molar-refractivity contribution in [2.24, 2.45) is 16.6 Å². The number of guanidine groups is 1. The molecule has 0 amide bonds. The molecule has 1 atom stereocenters. The number of halogens is 4. The normalized spacial score (nSPS) is 25.9. The molecule has 164 valence electrons. The van der Waals surface area contributed by atoms with Crippen LogP contribution >= 0.6 is 0 Å². The van der Waals surface area contributed by atoms with Gasteiger partial charge in [0, 0.05) is 23.6 Å². The van der Waals surface area contributed by atoms with Gasteiger partial charge in [0.15, 0.2) is 0 Å². The van der Waals surface area contributed by atoms with Crippen LogP contribution < -0.4 is 21.7 Å². The molecule has 1 aromatic carbocycles. The Morgan fingerprint density at radius 3 is 2.43 bits per heavy atom. The minimum atomic E-state index is -4.58. The number of alkyl halides is 3. The summed E-state index contributed by atoms with van der Waals surface area (Å²) in [5.74, 6) is -0.723. The zero-order valence-corrected chi connectivity index (χ0v) is 16.7. The van der Waals surface area contributed by atoms with Gasteiger partial charge in [-0.3, -0.25) is 0 Å². The molecule has 1 saturated carbocycles. The van der Waals surface area contributed by atoms with E-state index < -0.39 is 23.2 Å². The molecule has 3 aliphatic rings. The number of benzene rings is 1. The van der Waals surface area contributed by atoms with Crippen molar-refractivity contribution < 1.29 is 17.6 Å². The summed E-state index contributed by atoms with van der Waals surface area (Å²) in [6, 6.07) is 4.62. The Kier molecular flexibility index (Phi) is 5.39. The SMILES string of the molecule is CN1CCC(Nc2cc(F)cc(NC3=NC=C(C(F)(F)F)C(N)(C4CC4)N3)c2)CC1. The van der Waals surface area contributed by atoms with E-state index in [0.717, 1.165) is 32.1 Å². The zero-order chi connectivity index (χ0) is 21.5. The second-order valence-corrected chi connectivity index (χ2v) is 8.36. The van der Waals surface area contributed by atoms with Crippen molar-refractivity contribution in [2.75, 3.05) is 30.8 Å². The summed E-state index contributed by atoms with van der Waals surface area (Å²) >= 11 is 0. The molecule has 30 heavy (non-hydrogen) atoms. The zero-order valence-electron chi connectivity index (χ0n) is 16.7. The molecule has 10 heteroatoms. The standard InChI is InChI=1S/C20H26F4N6/c1-30-6-4-14(5-7-30)27-15-8-13(21)9-16(10-15)28-18-26-11-17(20(22,23)24)19(25,29-18)12-2-3-12/h8-12,14,27H,2-7,25H2,1H3,(H2,26,28,29). The Morgan fingerprint density at radius 1 is 1.13 bits per heavy atom. The van der Waals surface area contributed by atoms with Crippen molar-refractivity contribution in [1.29, 1.82) is 0 Å². The Bertz CT molecular complexity index is 855. The van der Waals surface area contributed by atoms with Crippen molar-refractivity contribution in [3.63, 3.8) is 0 Å². The van der Waals surface area contributed by atoms with Gasteiger partial charge >= 0.3 is 6.18 Å². The number of aliphatic imine (C=N–C) groups is 1. The molecule has 2 heterocycles. The molecular weight excluding hydrogens is 400 g/mol. The van der Waals surface area contributed by atoms with E-state index in [1.54, 1.807) is 6.07 Å². The number of piperidine rings is 1. The maximum atomic E-state index is 14.2. The maximum absolute atomic E-state index is 14.2. The van der Waals surface area contributed by atoms with E-state index in [1.165, 1.54) is 12.1 Å². The molecule has 2 fully saturated rings. The lowest BCUT2D eigenvalue weighted by atomic mass is 9.94. The summed E-state index contributed by atoms with van der Waals surface area (Å²) in [5, 5.41) is 8.92. The van der Waals surface area contributed by atoms with Gasteiger partial charge in [0.25, 0.3) is 0 Å². The lowest BCUT2D eigenvalue weighted by Crippen LogP contribution is -2.64. The number of hydrogen-bond donors (Lipinski definition) is 4. The third-order valence-corrected chi connectivity index (χ3v) is 5.87. The van der Waals surface area contributed by atoms with Gasteiger partial charge in [-0.05, 0) is 69.9 Å². The lowest BCUT2D eigenvalue weighted by molar-refractivity contribution is -0.103. The lowest BCUT2D eigenvalue weighted by Gasteiger charge is -2.37. The van der Waals surface area contributed by atoms with Crippen LogP contribution in [0.3, 0.4) is 0 Å². The molecule has 0 radical (unpaired) electrons. The molecule has 0 aromatic heterocycles. The molecule has 5 N–H and O–H groups in total. The van der Waals surface area contributed by atoms with Gasteiger partial charge in [-0.2, -0.15) is 13.2 Å².